The predicted molar refractivity (Wildman–Crippen MR) is 76.4 cm³/mol. The Morgan fingerprint density at radius 1 is 1.32 bits per heavy atom. The van der Waals surface area contributed by atoms with Gasteiger partial charge >= 0.3 is 0 Å². The lowest BCUT2D eigenvalue weighted by atomic mass is 10.1. The van der Waals surface area contributed by atoms with E-state index >= 15 is 0 Å². The molecule has 19 heavy (non-hydrogen) atoms. The molecule has 1 unspecified atom stereocenters. The molecule has 0 radical (unpaired) electrons. The van der Waals surface area contributed by atoms with Crippen LogP contribution in [0.25, 0.3) is 0 Å². The van der Waals surface area contributed by atoms with Crippen molar-refractivity contribution in [3.63, 3.8) is 0 Å². The summed E-state index contributed by atoms with van der Waals surface area (Å²) in [4.78, 5) is 12.0. The standard InChI is InChI=1S/C13H17Cl2NO3/c1-8(4-5-18-2)16-13(17)9-6-10(14)12(19-3)11(15)7-9/h6-8H,4-5H2,1-3H3,(H,16,17). The van der Waals surface area contributed by atoms with Crippen LogP contribution in [0.2, 0.25) is 10.0 Å². The molecule has 0 spiro atoms. The Hall–Kier alpha value is -0.970. The SMILES string of the molecule is COCCC(C)NC(=O)c1cc(Cl)c(OC)c(Cl)c1. The first-order chi connectivity index (χ1) is 8.99. The quantitative estimate of drug-likeness (QED) is 0.878. The zero-order chi connectivity index (χ0) is 14.4. The average Bonchev–Trinajstić information content (AvgIpc) is 2.35. The average molecular weight is 306 g/mol. The van der Waals surface area contributed by atoms with Crippen molar-refractivity contribution in [3.8, 4) is 5.75 Å². The number of nitrogens with one attached hydrogen (secondary N) is 1. The third-order valence-corrected chi connectivity index (χ3v) is 3.16. The first kappa shape index (κ1) is 16.1. The molecule has 0 fully saturated rings. The summed E-state index contributed by atoms with van der Waals surface area (Å²) in [5.41, 5.74) is 0.403. The molecule has 1 rings (SSSR count). The van der Waals surface area contributed by atoms with Crippen LogP contribution in [0.3, 0.4) is 0 Å². The molecule has 0 bridgehead atoms. The Morgan fingerprint density at radius 3 is 2.37 bits per heavy atom. The van der Waals surface area contributed by atoms with Gasteiger partial charge in [0.05, 0.1) is 17.2 Å². The Labute approximate surface area is 123 Å². The maximum Gasteiger partial charge on any atom is 0.251 e. The van der Waals surface area contributed by atoms with Crippen molar-refractivity contribution in [1.29, 1.82) is 0 Å². The van der Waals surface area contributed by atoms with E-state index in [0.29, 0.717) is 28.0 Å². The molecule has 0 aromatic heterocycles. The number of rotatable bonds is 6. The van der Waals surface area contributed by atoms with Gasteiger partial charge in [-0.15, -0.1) is 0 Å². The maximum atomic E-state index is 12.0. The number of methoxy groups -OCH3 is 2. The van der Waals surface area contributed by atoms with E-state index in [1.165, 1.54) is 19.2 Å². The summed E-state index contributed by atoms with van der Waals surface area (Å²) in [6.45, 7) is 2.50. The van der Waals surface area contributed by atoms with Gasteiger partial charge < -0.3 is 14.8 Å². The van der Waals surface area contributed by atoms with Crippen LogP contribution in [0.5, 0.6) is 5.75 Å². The highest BCUT2D eigenvalue weighted by Crippen LogP contribution is 2.33. The Bertz CT molecular complexity index is 429. The lowest BCUT2D eigenvalue weighted by Crippen LogP contribution is -2.33. The van der Waals surface area contributed by atoms with Crippen LogP contribution >= 0.6 is 23.2 Å². The van der Waals surface area contributed by atoms with Gasteiger partial charge in [0.15, 0.2) is 5.75 Å². The lowest BCUT2D eigenvalue weighted by molar-refractivity contribution is 0.0929. The second kappa shape index (κ2) is 7.58. The van der Waals surface area contributed by atoms with Crippen LogP contribution in [0.4, 0.5) is 0 Å². The van der Waals surface area contributed by atoms with E-state index in [1.807, 2.05) is 6.92 Å². The molecule has 0 heterocycles. The van der Waals surface area contributed by atoms with Gasteiger partial charge in [0.2, 0.25) is 0 Å². The Morgan fingerprint density at radius 2 is 1.89 bits per heavy atom. The van der Waals surface area contributed by atoms with E-state index in [0.717, 1.165) is 6.42 Å². The van der Waals surface area contributed by atoms with Gasteiger partial charge in [-0.2, -0.15) is 0 Å². The fourth-order valence-corrected chi connectivity index (χ4v) is 2.20. The Kier molecular flexibility index (Phi) is 6.42. The van der Waals surface area contributed by atoms with E-state index in [1.54, 1.807) is 7.11 Å². The molecule has 1 amide bonds. The lowest BCUT2D eigenvalue weighted by Gasteiger charge is -2.14. The predicted octanol–water partition coefficient (Wildman–Crippen LogP) is 3.16. The van der Waals surface area contributed by atoms with Crippen LogP contribution in [-0.2, 0) is 4.74 Å². The molecule has 4 nitrogen and oxygen atoms in total. The number of amides is 1. The van der Waals surface area contributed by atoms with E-state index in [9.17, 15) is 4.79 Å². The summed E-state index contributed by atoms with van der Waals surface area (Å²) in [6, 6.07) is 3.07. The summed E-state index contributed by atoms with van der Waals surface area (Å²) < 4.78 is 9.99. The summed E-state index contributed by atoms with van der Waals surface area (Å²) in [5.74, 6) is 0.141. The molecule has 1 aromatic rings. The van der Waals surface area contributed by atoms with Gasteiger partial charge in [0.25, 0.3) is 5.91 Å². The number of carbonyl (C=O) groups is 1. The zero-order valence-electron chi connectivity index (χ0n) is 11.1. The number of carbonyl (C=O) groups excluding carboxylic acids is 1. The monoisotopic (exact) mass is 305 g/mol. The van der Waals surface area contributed by atoms with Gasteiger partial charge in [0, 0.05) is 25.3 Å². The van der Waals surface area contributed by atoms with E-state index in [-0.39, 0.29) is 11.9 Å². The molecule has 1 aromatic carbocycles. The van der Waals surface area contributed by atoms with Gasteiger partial charge in [-0.25, -0.2) is 0 Å². The topological polar surface area (TPSA) is 47.6 Å². The molecular formula is C13H17Cl2NO3. The minimum absolute atomic E-state index is 0.00658. The number of hydrogen-bond acceptors (Lipinski definition) is 3. The number of benzene rings is 1. The maximum absolute atomic E-state index is 12.0. The minimum Gasteiger partial charge on any atom is -0.494 e. The molecule has 0 aliphatic rings. The first-order valence-electron chi connectivity index (χ1n) is 5.82. The van der Waals surface area contributed by atoms with Crippen LogP contribution in [0, 0.1) is 0 Å². The molecule has 0 aliphatic heterocycles. The molecule has 0 aliphatic carbocycles. The number of halogens is 2. The first-order valence-corrected chi connectivity index (χ1v) is 6.58. The third kappa shape index (κ3) is 4.56. The number of hydrogen-bond donors (Lipinski definition) is 1. The summed E-state index contributed by atoms with van der Waals surface area (Å²) in [5, 5.41) is 3.47. The summed E-state index contributed by atoms with van der Waals surface area (Å²) in [6.07, 6.45) is 0.736. The van der Waals surface area contributed by atoms with E-state index in [2.05, 4.69) is 5.32 Å². The Balaban J connectivity index is 2.78. The van der Waals surface area contributed by atoms with Gasteiger partial charge in [-0.3, -0.25) is 4.79 Å². The van der Waals surface area contributed by atoms with Crippen LogP contribution in [0.15, 0.2) is 12.1 Å². The molecule has 0 saturated heterocycles. The van der Waals surface area contributed by atoms with Crippen LogP contribution in [-0.4, -0.2) is 32.8 Å². The van der Waals surface area contributed by atoms with Crippen molar-refractivity contribution in [3.05, 3.63) is 27.7 Å². The molecule has 106 valence electrons. The second-order valence-electron chi connectivity index (χ2n) is 4.13. The molecular weight excluding hydrogens is 289 g/mol. The summed E-state index contributed by atoms with van der Waals surface area (Å²) >= 11 is 12.0. The highest BCUT2D eigenvalue weighted by Gasteiger charge is 2.15. The van der Waals surface area contributed by atoms with Crippen LogP contribution < -0.4 is 10.1 Å². The van der Waals surface area contributed by atoms with E-state index < -0.39 is 0 Å². The minimum atomic E-state index is -0.227. The van der Waals surface area contributed by atoms with Crippen molar-refractivity contribution >= 4 is 29.1 Å². The smallest absolute Gasteiger partial charge is 0.251 e. The third-order valence-electron chi connectivity index (χ3n) is 2.60. The van der Waals surface area contributed by atoms with Crippen molar-refractivity contribution in [1.82, 2.24) is 5.32 Å². The van der Waals surface area contributed by atoms with Crippen molar-refractivity contribution in [2.24, 2.45) is 0 Å². The van der Waals surface area contributed by atoms with Gasteiger partial charge in [-0.1, -0.05) is 23.2 Å². The van der Waals surface area contributed by atoms with Gasteiger partial charge in [-0.05, 0) is 25.5 Å². The largest absolute Gasteiger partial charge is 0.494 e. The fourth-order valence-electron chi connectivity index (χ4n) is 1.56. The highest BCUT2D eigenvalue weighted by molar-refractivity contribution is 6.37. The molecule has 1 atom stereocenters. The normalized spacial score (nSPS) is 12.1. The van der Waals surface area contributed by atoms with Crippen molar-refractivity contribution in [2.45, 2.75) is 19.4 Å². The van der Waals surface area contributed by atoms with Crippen LogP contribution in [0.1, 0.15) is 23.7 Å². The zero-order valence-corrected chi connectivity index (χ0v) is 12.6. The van der Waals surface area contributed by atoms with Crippen molar-refractivity contribution in [2.75, 3.05) is 20.8 Å². The highest BCUT2D eigenvalue weighted by atomic mass is 35.5. The fraction of sp³-hybridized carbons (Fsp3) is 0.462. The molecule has 1 N–H and O–H groups in total. The number of ether oxygens (including phenoxy) is 2. The molecule has 0 saturated carbocycles. The second-order valence-corrected chi connectivity index (χ2v) is 4.94. The molecule has 6 heteroatoms. The summed E-state index contributed by atoms with van der Waals surface area (Å²) in [7, 11) is 3.09. The van der Waals surface area contributed by atoms with Crippen molar-refractivity contribution < 1.29 is 14.3 Å². The van der Waals surface area contributed by atoms with E-state index in [4.69, 9.17) is 32.7 Å². The van der Waals surface area contributed by atoms with Gasteiger partial charge in [0.1, 0.15) is 0 Å².